The molecule has 0 radical (unpaired) electrons. The maximum absolute atomic E-state index is 14.7. The number of ketones is 1. The fraction of sp³-hybridized carbons (Fsp3) is 0.581. The number of Topliss-reactive ketones (excluding diaryl/α,β-unsaturated/α-hetero) is 1. The van der Waals surface area contributed by atoms with Crippen molar-refractivity contribution in [3.63, 3.8) is 0 Å². The molecule has 1 spiro atoms. The van der Waals surface area contributed by atoms with Crippen molar-refractivity contribution in [1.82, 2.24) is 30.4 Å². The molecule has 41 nitrogen and oxygen atoms in total. The number of ether oxygens (including phenoxy) is 8. The van der Waals surface area contributed by atoms with Crippen LogP contribution in [0.25, 0.3) is 38.9 Å². The van der Waals surface area contributed by atoms with Gasteiger partial charge in [0.25, 0.3) is 11.7 Å². The van der Waals surface area contributed by atoms with E-state index in [0.29, 0.717) is 41.9 Å². The van der Waals surface area contributed by atoms with Gasteiger partial charge in [-0.05, 0) is 145 Å². The summed E-state index contributed by atoms with van der Waals surface area (Å²) in [6.07, 6.45) is -12.9. The number of nitrogens with zero attached hydrogens (tertiary/aromatic N) is 6. The number of para-hydroxylation sites is 2. The first-order valence-corrected chi connectivity index (χ1v) is 51.3. The molecule has 0 aromatic heterocycles. The first kappa shape index (κ1) is 119. The molecule has 5 aromatic carbocycles. The number of methoxy groups -OCH3 is 1. The van der Waals surface area contributed by atoms with E-state index >= 15 is 0 Å². The van der Waals surface area contributed by atoms with E-state index in [1.807, 2.05) is 80.6 Å². The third kappa shape index (κ3) is 27.9. The standard InChI is InChI=1S/C46H62N4O11.C27H22Cl2N4.C22H43N5O13.C10H24N2O2/c1-22(2)21-50-18-16-46(17-19-50)48-34-31-32-39(54)28(8)42-33(31)43(56)45(10,61-42)59-20-15-30(58-11)25(5)41(60-29(9)51)27(7)38(53)26(6)37(52)23(3)13-12-14-24(4)44(57)47-36(40(32)55)35(34)49-46;1-17(2)30-24-16-27-25(15-23(24)31-20-11-7-18(28)8-12-20)32-22-5-3-4-6-26(22)33(27)21-13-9-19(29)10-14-21;23-2-1-8(29)20(36)27-7-3-6(25)18(39-22-16(34)15(33)13(31)9(4-24)37-22)17(35)19(7)40-21-14(32)11(26)12(30)10(5-28)38-21;1-3-9(7-13)11-5-6-12-10(4-2)8-14/h12-15,20,22-23,25-27,30,37-38,41,52-55H,16-19,21H2,1-11H3,(H,47,57);3-17,31H,1-2H3;6-19,21-22,28-35H,1-5,23-26H2,(H,27,36);9-14H,3-8H2,1-2H3/b13-12-,20-15-,24-14+;;;/t23-,25-,26+,27+,30-,37-,38+,41-,45-;;6-,7+,8-,9+,10+,11-,12+,13+,14+,15-,16+,17-,18+,19-,21+,22+;/m0.0./s1. The lowest BCUT2D eigenvalue weighted by molar-refractivity contribution is -0.332. The molecule has 148 heavy (non-hydrogen) atoms. The Balaban J connectivity index is 0.000000206. The van der Waals surface area contributed by atoms with Crippen LogP contribution in [0.5, 0.6) is 17.2 Å². The molecule has 27 N–H and O–H groups in total. The van der Waals surface area contributed by atoms with Crippen LogP contribution in [0.4, 0.5) is 17.1 Å². The molecule has 4 fully saturated rings. The smallest absolute Gasteiger partial charge is 0.312 e. The number of halogens is 2. The van der Waals surface area contributed by atoms with Crippen LogP contribution in [-0.4, -0.2) is 334 Å². The van der Waals surface area contributed by atoms with Gasteiger partial charge in [0, 0.05) is 159 Å². The Morgan fingerprint density at radius 2 is 1.33 bits per heavy atom. The van der Waals surface area contributed by atoms with Gasteiger partial charge in [0.1, 0.15) is 95.8 Å². The number of carbonyl (C=O) groups excluding carboxylic acids is 4. The molecular formula is C105H151Cl2N15O26. The number of benzene rings is 6. The van der Waals surface area contributed by atoms with Gasteiger partial charge in [-0.25, -0.2) is 4.98 Å². The minimum atomic E-state index is -1.96. The Morgan fingerprint density at radius 3 is 1.93 bits per heavy atom. The number of nitrogens with one attached hydrogen (secondary N) is 5. The number of likely N-dealkylation sites (tertiary alicyclic amines) is 1. The van der Waals surface area contributed by atoms with Crippen LogP contribution in [0.3, 0.4) is 0 Å². The van der Waals surface area contributed by atoms with Crippen molar-refractivity contribution in [2.24, 2.45) is 67.5 Å². The predicted molar refractivity (Wildman–Crippen MR) is 556 cm³/mol. The summed E-state index contributed by atoms with van der Waals surface area (Å²) in [7, 11) is 1.47. The van der Waals surface area contributed by atoms with Crippen LogP contribution in [0.15, 0.2) is 136 Å². The van der Waals surface area contributed by atoms with Crippen molar-refractivity contribution in [1.29, 1.82) is 0 Å². The van der Waals surface area contributed by atoms with E-state index in [-0.39, 0.29) is 113 Å². The van der Waals surface area contributed by atoms with E-state index in [1.54, 1.807) is 65.8 Å². The molecule has 2 amide bonds. The molecular weight excluding hydrogens is 1960 g/mol. The highest BCUT2D eigenvalue weighted by Crippen LogP contribution is 2.51. The van der Waals surface area contributed by atoms with Crippen LogP contribution in [0, 0.1) is 36.5 Å². The van der Waals surface area contributed by atoms with Crippen molar-refractivity contribution in [2.45, 2.75) is 287 Å². The van der Waals surface area contributed by atoms with Gasteiger partial charge in [0.05, 0.1) is 106 Å². The van der Waals surface area contributed by atoms with Gasteiger partial charge in [-0.1, -0.05) is 109 Å². The number of rotatable bonds is 27. The maximum Gasteiger partial charge on any atom is 0.312 e. The number of phenolic OH excluding ortho intramolecular Hbond substituents is 2. The summed E-state index contributed by atoms with van der Waals surface area (Å²) in [5, 5.41) is 165. The summed E-state index contributed by atoms with van der Waals surface area (Å²) >= 11 is 12.2. The fourth-order valence-electron chi connectivity index (χ4n) is 19.4. The van der Waals surface area contributed by atoms with E-state index in [2.05, 4.69) is 81.9 Å². The minimum Gasteiger partial charge on any atom is -0.507 e. The molecule has 1 saturated carbocycles. The number of aliphatic hydroxyl groups is 12. The number of carbonyl (C=O) groups is 4. The van der Waals surface area contributed by atoms with Crippen LogP contribution < -0.4 is 70.3 Å². The number of hydrogen-bond acceptors (Lipinski definition) is 38. The fourth-order valence-corrected chi connectivity index (χ4v) is 19.6. The zero-order valence-corrected chi connectivity index (χ0v) is 87.9. The van der Waals surface area contributed by atoms with Gasteiger partial charge in [-0.3, -0.25) is 34.2 Å². The lowest BCUT2D eigenvalue weighted by Crippen LogP contribution is -2.69. The molecule has 27 atom stereocenters. The number of fused-ring (bicyclic) bond motifs is 3. The Hall–Kier alpha value is -9.50. The number of anilines is 3. The minimum absolute atomic E-state index is 0.0101. The van der Waals surface area contributed by atoms with Crippen LogP contribution in [-0.2, 0) is 47.5 Å². The van der Waals surface area contributed by atoms with Crippen molar-refractivity contribution < 1.29 is 129 Å². The first-order valence-electron chi connectivity index (χ1n) is 50.5. The normalized spacial score (nSPS) is 30.3. The largest absolute Gasteiger partial charge is 0.507 e. The number of esters is 1. The molecule has 4 bridgehead atoms. The highest BCUT2D eigenvalue weighted by molar-refractivity contribution is 6.31. The topological polar surface area (TPSA) is 648 Å². The summed E-state index contributed by atoms with van der Waals surface area (Å²) in [4.78, 5) is 76.1. The highest BCUT2D eigenvalue weighted by atomic mass is 35.5. The first-order chi connectivity index (χ1) is 70.2. The molecule has 14 rings (SSSR count). The number of aromatic nitrogens is 2. The lowest BCUT2D eigenvalue weighted by Gasteiger charge is -2.49. The number of aromatic hydroxyl groups is 2. The van der Waals surface area contributed by atoms with Crippen molar-refractivity contribution >= 4 is 85.6 Å². The van der Waals surface area contributed by atoms with Crippen LogP contribution in [0.1, 0.15) is 144 Å². The molecule has 2 unspecified atom stereocenters. The average molecular weight is 2110 g/mol. The monoisotopic (exact) mass is 2110 g/mol. The molecule has 7 aliphatic heterocycles. The molecule has 43 heteroatoms. The van der Waals surface area contributed by atoms with Gasteiger partial charge < -0.3 is 168 Å². The number of allylic oxidation sites excluding steroid dienone is 2. The van der Waals surface area contributed by atoms with E-state index in [0.717, 1.165) is 77.3 Å². The van der Waals surface area contributed by atoms with Crippen molar-refractivity contribution in [2.75, 3.05) is 83.4 Å². The second kappa shape index (κ2) is 53.2. The third-order valence-electron chi connectivity index (χ3n) is 28.1. The SMILES string of the molecule is CC(C)N=c1cc2n(-c3ccc(Cl)cc3)c3ccccc3nc-2cc1Nc1ccc(Cl)cc1.CCC(CO)NCCNC(CC)CO.CO[C@H]1/C=C\O[C@@]2(C)Oc3c(C)c(O)c4c(O)c(c5c(c4c3C2=O)=NC2(CCN(CC(C)C)CC2)N=5)NC(=O)/C(C)=C/C=C\[C@H](C)[C@H](O)[C@@H](C)[C@@H](O)[C@@H](C)[C@@H](OC(C)=O)[C@H]1C.NCC[C@H](O)C(=O)N[C@@H]1C[C@H](N)[C@@H](O[C@H]2O[C@H](CN)[C@@H](O)[C@H](O)[C@H]2O)[C@H](O)[C@H]1O[C@H]1O[C@H](CO)[C@@H](O)[C@H](N)[C@H]1O. The van der Waals surface area contributed by atoms with Crippen LogP contribution >= 0.6 is 23.2 Å². The number of hydrogen-bond donors (Lipinski definition) is 23. The van der Waals surface area contributed by atoms with E-state index in [4.69, 9.17) is 114 Å². The Bertz CT molecular complexity index is 5880. The number of piperidine rings is 1. The second-order valence-corrected chi connectivity index (χ2v) is 40.8. The van der Waals surface area contributed by atoms with E-state index < -0.39 is 193 Å². The lowest BCUT2D eigenvalue weighted by atomic mass is 9.78. The Kier molecular flexibility index (Phi) is 42.7. The van der Waals surface area contributed by atoms with Crippen molar-refractivity contribution in [3.8, 4) is 34.3 Å². The molecule has 5 aromatic rings. The van der Waals surface area contributed by atoms with Gasteiger partial charge in [-0.15, -0.1) is 0 Å². The summed E-state index contributed by atoms with van der Waals surface area (Å²) < 4.78 is 48.7. The molecule has 7 heterocycles. The number of phenols is 2. The maximum atomic E-state index is 14.7. The third-order valence-corrected chi connectivity index (χ3v) is 28.6. The van der Waals surface area contributed by atoms with Gasteiger partial charge in [-0.2, -0.15) is 0 Å². The van der Waals surface area contributed by atoms with Gasteiger partial charge >= 0.3 is 11.8 Å². The predicted octanol–water partition coefficient (Wildman–Crippen LogP) is 3.52. The summed E-state index contributed by atoms with van der Waals surface area (Å²) in [5.74, 6) is -7.29. The second-order valence-electron chi connectivity index (χ2n) is 39.9. The average Bonchev–Trinajstić information content (AvgIpc) is 1.53. The molecule has 3 saturated heterocycles. The number of amides is 2. The molecule has 2 aliphatic carbocycles. The zero-order valence-electron chi connectivity index (χ0n) is 86.4. The molecule has 9 aliphatic rings. The zero-order chi connectivity index (χ0) is 109. The van der Waals surface area contributed by atoms with E-state index in [1.165, 1.54) is 27.2 Å². The van der Waals surface area contributed by atoms with Gasteiger partial charge in [0.2, 0.25) is 5.91 Å². The number of nitrogens with two attached hydrogens (primary N) is 4. The Labute approximate surface area is 870 Å². The van der Waals surface area contributed by atoms with E-state index in [9.17, 15) is 80.5 Å². The summed E-state index contributed by atoms with van der Waals surface area (Å²) in [5.41, 5.74) is 29.1. The molecule has 816 valence electrons. The Morgan fingerprint density at radius 1 is 0.716 bits per heavy atom. The highest BCUT2D eigenvalue weighted by Gasteiger charge is 2.55. The van der Waals surface area contributed by atoms with Crippen LogP contribution in [0.2, 0.25) is 10.0 Å². The van der Waals surface area contributed by atoms with Crippen molar-refractivity contribution in [3.05, 3.63) is 158 Å². The summed E-state index contributed by atoms with van der Waals surface area (Å²) in [6, 6.07) is 24.9. The quantitative estimate of drug-likeness (QED) is 0.0152. The number of aliphatic hydroxyl groups excluding tert-OH is 12. The van der Waals surface area contributed by atoms with Gasteiger partial charge in [0.15, 0.2) is 24.0 Å². The summed E-state index contributed by atoms with van der Waals surface area (Å²) in [6.45, 7) is 28.9.